The summed E-state index contributed by atoms with van der Waals surface area (Å²) in [5.74, 6) is 1.36. The highest BCUT2D eigenvalue weighted by molar-refractivity contribution is 7.18. The summed E-state index contributed by atoms with van der Waals surface area (Å²) < 4.78 is 13.1. The van der Waals surface area contributed by atoms with Gasteiger partial charge in [0.15, 0.2) is 17.6 Å². The highest BCUT2D eigenvalue weighted by atomic mass is 32.1. The van der Waals surface area contributed by atoms with Crippen molar-refractivity contribution in [1.82, 2.24) is 14.5 Å². The molecule has 0 bridgehead atoms. The van der Waals surface area contributed by atoms with Gasteiger partial charge in [0.25, 0.3) is 5.56 Å². The van der Waals surface area contributed by atoms with Crippen molar-refractivity contribution in [2.75, 3.05) is 20.2 Å². The number of aromatic nitrogens is 2. The third kappa shape index (κ3) is 3.85. The summed E-state index contributed by atoms with van der Waals surface area (Å²) in [6.45, 7) is 5.03. The number of carbonyl (C=O) groups excluding carboxylic acids is 1. The quantitative estimate of drug-likeness (QED) is 0.643. The van der Waals surface area contributed by atoms with Crippen molar-refractivity contribution in [3.05, 3.63) is 51.4 Å². The number of likely N-dealkylation sites (N-methyl/N-ethyl adjacent to an activating group) is 1. The molecule has 2 aromatic heterocycles. The molecule has 0 saturated carbocycles. The maximum Gasteiger partial charge on any atom is 0.262 e. The molecule has 1 amide bonds. The molecule has 29 heavy (non-hydrogen) atoms. The SMILES string of the molecule is Cc1sc2ncn(CCC(=O)N(C)CC3COc4ccccc4O3)c(=O)c2c1C. The first-order valence-electron chi connectivity index (χ1n) is 9.51. The first kappa shape index (κ1) is 19.4. The second-order valence-corrected chi connectivity index (χ2v) is 8.43. The number of nitrogens with zero attached hydrogens (tertiary/aromatic N) is 3. The molecule has 0 radical (unpaired) electrons. The number of para-hydroxylation sites is 2. The van der Waals surface area contributed by atoms with Crippen LogP contribution < -0.4 is 15.0 Å². The van der Waals surface area contributed by atoms with E-state index in [0.717, 1.165) is 21.0 Å². The molecule has 0 saturated heterocycles. The van der Waals surface area contributed by atoms with E-state index in [9.17, 15) is 9.59 Å². The Kier molecular flexibility index (Phi) is 5.27. The normalized spacial score (nSPS) is 15.5. The number of aryl methyl sites for hydroxylation is 3. The molecular formula is C21H23N3O4S. The molecule has 0 N–H and O–H groups in total. The summed E-state index contributed by atoms with van der Waals surface area (Å²) in [5, 5.41) is 0.655. The Morgan fingerprint density at radius 3 is 2.86 bits per heavy atom. The molecule has 3 aromatic rings. The molecular weight excluding hydrogens is 390 g/mol. The van der Waals surface area contributed by atoms with Gasteiger partial charge in [-0.25, -0.2) is 4.98 Å². The molecule has 1 aliphatic heterocycles. The minimum absolute atomic E-state index is 0.0577. The molecule has 0 fully saturated rings. The summed E-state index contributed by atoms with van der Waals surface area (Å²) in [6, 6.07) is 7.50. The summed E-state index contributed by atoms with van der Waals surface area (Å²) in [5.41, 5.74) is 0.878. The van der Waals surface area contributed by atoms with Gasteiger partial charge in [-0.15, -0.1) is 11.3 Å². The molecule has 0 spiro atoms. The van der Waals surface area contributed by atoms with E-state index in [0.29, 0.717) is 30.8 Å². The Balaban J connectivity index is 1.37. The van der Waals surface area contributed by atoms with E-state index in [2.05, 4.69) is 4.98 Å². The van der Waals surface area contributed by atoms with E-state index >= 15 is 0 Å². The standard InChI is InChI=1S/C21H23N3O4S/c1-13-14(2)29-20-19(13)21(26)24(12-22-20)9-8-18(25)23(3)10-15-11-27-16-6-4-5-7-17(16)28-15/h4-7,12,15H,8-11H2,1-3H3. The van der Waals surface area contributed by atoms with E-state index in [-0.39, 0.29) is 24.0 Å². The Morgan fingerprint density at radius 2 is 2.07 bits per heavy atom. The lowest BCUT2D eigenvalue weighted by Gasteiger charge is -2.29. The largest absolute Gasteiger partial charge is 0.486 e. The predicted molar refractivity (Wildman–Crippen MR) is 112 cm³/mol. The van der Waals surface area contributed by atoms with E-state index in [1.165, 1.54) is 22.2 Å². The van der Waals surface area contributed by atoms with Gasteiger partial charge in [0.2, 0.25) is 5.91 Å². The second-order valence-electron chi connectivity index (χ2n) is 7.23. The fraction of sp³-hybridized carbons (Fsp3) is 0.381. The van der Waals surface area contributed by atoms with Crippen LogP contribution in [0.3, 0.4) is 0 Å². The maximum absolute atomic E-state index is 12.7. The number of carbonyl (C=O) groups is 1. The van der Waals surface area contributed by atoms with Gasteiger partial charge < -0.3 is 14.4 Å². The predicted octanol–water partition coefficient (Wildman–Crippen LogP) is 2.76. The molecule has 4 rings (SSSR count). The van der Waals surface area contributed by atoms with Crippen LogP contribution in [0, 0.1) is 13.8 Å². The van der Waals surface area contributed by atoms with Gasteiger partial charge in [0.1, 0.15) is 11.4 Å². The molecule has 7 nitrogen and oxygen atoms in total. The average molecular weight is 413 g/mol. The third-order valence-electron chi connectivity index (χ3n) is 5.19. The van der Waals surface area contributed by atoms with E-state index in [1.807, 2.05) is 38.1 Å². The Bertz CT molecular complexity index is 1120. The topological polar surface area (TPSA) is 73.7 Å². The number of rotatable bonds is 5. The number of fused-ring (bicyclic) bond motifs is 2. The van der Waals surface area contributed by atoms with Crippen molar-refractivity contribution in [1.29, 1.82) is 0 Å². The van der Waals surface area contributed by atoms with Crippen LogP contribution in [-0.2, 0) is 11.3 Å². The Morgan fingerprint density at radius 1 is 1.31 bits per heavy atom. The number of benzene rings is 1. The van der Waals surface area contributed by atoms with Crippen LogP contribution in [0.1, 0.15) is 16.9 Å². The highest BCUT2D eigenvalue weighted by Crippen LogP contribution is 2.31. The average Bonchev–Trinajstić information content (AvgIpc) is 3.01. The summed E-state index contributed by atoms with van der Waals surface area (Å²) in [7, 11) is 1.74. The molecule has 0 aliphatic carbocycles. The number of amides is 1. The second kappa shape index (κ2) is 7.87. The van der Waals surface area contributed by atoms with Crippen LogP contribution in [0.2, 0.25) is 0 Å². The number of hydrogen-bond acceptors (Lipinski definition) is 6. The van der Waals surface area contributed by atoms with E-state index in [1.54, 1.807) is 11.9 Å². The van der Waals surface area contributed by atoms with Gasteiger partial charge in [0, 0.05) is 24.9 Å². The zero-order valence-electron chi connectivity index (χ0n) is 16.7. The van der Waals surface area contributed by atoms with Crippen LogP contribution in [-0.4, -0.2) is 46.7 Å². The fourth-order valence-electron chi connectivity index (χ4n) is 3.40. The monoisotopic (exact) mass is 413 g/mol. The van der Waals surface area contributed by atoms with Gasteiger partial charge in [-0.3, -0.25) is 14.2 Å². The van der Waals surface area contributed by atoms with Crippen LogP contribution >= 0.6 is 11.3 Å². The Hall–Kier alpha value is -2.87. The number of ether oxygens (including phenoxy) is 2. The highest BCUT2D eigenvalue weighted by Gasteiger charge is 2.23. The molecule has 152 valence electrons. The van der Waals surface area contributed by atoms with Gasteiger partial charge >= 0.3 is 0 Å². The minimum Gasteiger partial charge on any atom is -0.486 e. The smallest absolute Gasteiger partial charge is 0.262 e. The lowest BCUT2D eigenvalue weighted by Crippen LogP contribution is -2.42. The van der Waals surface area contributed by atoms with Gasteiger partial charge in [0.05, 0.1) is 18.3 Å². The van der Waals surface area contributed by atoms with Crippen molar-refractivity contribution in [3.63, 3.8) is 0 Å². The van der Waals surface area contributed by atoms with E-state index in [4.69, 9.17) is 9.47 Å². The van der Waals surface area contributed by atoms with Gasteiger partial charge in [-0.05, 0) is 31.5 Å². The van der Waals surface area contributed by atoms with Gasteiger partial charge in [-0.1, -0.05) is 12.1 Å². The van der Waals surface area contributed by atoms with Crippen molar-refractivity contribution in [2.45, 2.75) is 32.9 Å². The van der Waals surface area contributed by atoms with Crippen LogP contribution in [0.25, 0.3) is 10.2 Å². The Labute approximate surface area is 172 Å². The van der Waals surface area contributed by atoms with Crippen molar-refractivity contribution >= 4 is 27.5 Å². The molecule has 3 heterocycles. The third-order valence-corrected chi connectivity index (χ3v) is 6.31. The molecule has 1 aromatic carbocycles. The summed E-state index contributed by atoms with van der Waals surface area (Å²) in [6.07, 6.45) is 1.52. The summed E-state index contributed by atoms with van der Waals surface area (Å²) >= 11 is 1.52. The number of hydrogen-bond donors (Lipinski definition) is 0. The van der Waals surface area contributed by atoms with Crippen LogP contribution in [0.4, 0.5) is 0 Å². The maximum atomic E-state index is 12.7. The number of thiophene rings is 1. The van der Waals surface area contributed by atoms with Crippen molar-refractivity contribution in [2.24, 2.45) is 0 Å². The molecule has 8 heteroatoms. The van der Waals surface area contributed by atoms with E-state index < -0.39 is 0 Å². The molecule has 1 unspecified atom stereocenters. The fourth-order valence-corrected chi connectivity index (χ4v) is 4.38. The van der Waals surface area contributed by atoms with Crippen LogP contribution in [0.15, 0.2) is 35.4 Å². The lowest BCUT2D eigenvalue weighted by molar-refractivity contribution is -0.131. The van der Waals surface area contributed by atoms with Crippen LogP contribution in [0.5, 0.6) is 11.5 Å². The first-order chi connectivity index (χ1) is 13.9. The molecule has 1 atom stereocenters. The first-order valence-corrected chi connectivity index (χ1v) is 10.3. The zero-order valence-corrected chi connectivity index (χ0v) is 17.5. The minimum atomic E-state index is -0.226. The van der Waals surface area contributed by atoms with Crippen molar-refractivity contribution < 1.29 is 14.3 Å². The molecule has 1 aliphatic rings. The van der Waals surface area contributed by atoms with Gasteiger partial charge in [-0.2, -0.15) is 0 Å². The zero-order chi connectivity index (χ0) is 20.5. The lowest BCUT2D eigenvalue weighted by atomic mass is 10.2. The van der Waals surface area contributed by atoms with Crippen molar-refractivity contribution in [3.8, 4) is 11.5 Å². The summed E-state index contributed by atoms with van der Waals surface area (Å²) in [4.78, 5) is 33.2.